The molecule has 31 heavy (non-hydrogen) atoms. The third-order valence-electron chi connectivity index (χ3n) is 3.41. The number of halogens is 9. The molecule has 0 N–H and O–H groups in total. The van der Waals surface area contributed by atoms with E-state index in [4.69, 9.17) is 0 Å². The average Bonchev–Trinajstić information content (AvgIpc) is 3.04. The lowest BCUT2D eigenvalue weighted by atomic mass is 10.1. The molecule has 0 spiro atoms. The molecule has 0 aliphatic rings. The van der Waals surface area contributed by atoms with Crippen LogP contribution in [0.4, 0.5) is 39.5 Å². The SMILES string of the molecule is O=C([O-])c1nn(-c2cccnc2)cc1OS(=O)(=O)C(F)(F)C(F)(F)C(F)(F)C(F)(F)F. The summed E-state index contributed by atoms with van der Waals surface area (Å²) in [6.07, 6.45) is -4.89. The summed E-state index contributed by atoms with van der Waals surface area (Å²) in [6.45, 7) is 0. The number of aromatic carboxylic acids is 1. The number of alkyl halides is 9. The minimum atomic E-state index is -7.56. The van der Waals surface area contributed by atoms with E-state index in [0.29, 0.717) is 4.68 Å². The largest absolute Gasteiger partial charge is 0.543 e. The van der Waals surface area contributed by atoms with Crippen LogP contribution in [0.3, 0.4) is 0 Å². The van der Waals surface area contributed by atoms with Crippen molar-refractivity contribution in [2.24, 2.45) is 0 Å². The van der Waals surface area contributed by atoms with Crippen molar-refractivity contribution in [3.8, 4) is 11.4 Å². The minimum absolute atomic E-state index is 0.155. The Hall–Kier alpha value is -3.05. The number of aromatic nitrogens is 3. The number of rotatable bonds is 7. The second-order valence-electron chi connectivity index (χ2n) is 5.49. The lowest BCUT2D eigenvalue weighted by Crippen LogP contribution is -2.63. The van der Waals surface area contributed by atoms with Crippen LogP contribution in [0.2, 0.25) is 0 Å². The molecule has 0 aliphatic carbocycles. The molecule has 2 aromatic heterocycles. The number of pyridine rings is 1. The first-order valence-corrected chi connectivity index (χ1v) is 8.63. The predicted octanol–water partition coefficient (Wildman–Crippen LogP) is 1.77. The van der Waals surface area contributed by atoms with Gasteiger partial charge >= 0.3 is 33.4 Å². The lowest BCUT2D eigenvalue weighted by molar-refractivity contribution is -0.382. The van der Waals surface area contributed by atoms with Crippen LogP contribution in [-0.2, 0) is 10.1 Å². The van der Waals surface area contributed by atoms with E-state index in [1.165, 1.54) is 12.3 Å². The van der Waals surface area contributed by atoms with Crippen molar-refractivity contribution in [3.05, 3.63) is 36.4 Å². The molecule has 0 aliphatic heterocycles. The highest BCUT2D eigenvalue weighted by molar-refractivity contribution is 7.88. The molecule has 0 saturated heterocycles. The van der Waals surface area contributed by atoms with Crippen LogP contribution in [0.25, 0.3) is 5.69 Å². The summed E-state index contributed by atoms with van der Waals surface area (Å²) >= 11 is 0. The van der Waals surface area contributed by atoms with Gasteiger partial charge in [0.25, 0.3) is 0 Å². The van der Waals surface area contributed by atoms with Gasteiger partial charge in [0.2, 0.25) is 0 Å². The number of carbonyl (C=O) groups excluding carboxylic acids is 1. The zero-order valence-corrected chi connectivity index (χ0v) is 14.9. The minimum Gasteiger partial charge on any atom is -0.543 e. The van der Waals surface area contributed by atoms with Gasteiger partial charge in [-0.2, -0.15) is 53.0 Å². The molecule has 0 radical (unpaired) electrons. The fourth-order valence-electron chi connectivity index (χ4n) is 1.87. The summed E-state index contributed by atoms with van der Waals surface area (Å²) in [6, 6.07) is 2.39. The van der Waals surface area contributed by atoms with E-state index < -0.39 is 50.8 Å². The molecule has 0 bridgehead atoms. The van der Waals surface area contributed by atoms with Crippen LogP contribution in [0.15, 0.2) is 30.7 Å². The maximum atomic E-state index is 13.7. The van der Waals surface area contributed by atoms with E-state index in [0.717, 1.165) is 12.3 Å². The Morgan fingerprint density at radius 1 is 1.03 bits per heavy atom. The van der Waals surface area contributed by atoms with Gasteiger partial charge in [0, 0.05) is 6.20 Å². The molecule has 0 unspecified atom stereocenters. The summed E-state index contributed by atoms with van der Waals surface area (Å²) < 4.78 is 143. The summed E-state index contributed by atoms with van der Waals surface area (Å²) in [4.78, 5) is 14.6. The van der Waals surface area contributed by atoms with Crippen molar-refractivity contribution < 1.29 is 62.0 Å². The summed E-state index contributed by atoms with van der Waals surface area (Å²) in [5, 5.41) is 6.99. The highest BCUT2D eigenvalue weighted by Gasteiger charge is 2.86. The molecular formula is C13H5F9N3O5S-. The second kappa shape index (κ2) is 7.27. The van der Waals surface area contributed by atoms with Gasteiger partial charge in [-0.05, 0) is 12.1 Å². The fraction of sp³-hybridized carbons (Fsp3) is 0.308. The van der Waals surface area contributed by atoms with Crippen LogP contribution in [0.5, 0.6) is 5.75 Å². The first-order chi connectivity index (χ1) is 13.9. The van der Waals surface area contributed by atoms with Crippen molar-refractivity contribution in [2.75, 3.05) is 0 Å². The molecule has 2 rings (SSSR count). The monoisotopic (exact) mass is 486 g/mol. The molecule has 2 heterocycles. The number of hydrogen-bond donors (Lipinski definition) is 0. The van der Waals surface area contributed by atoms with Gasteiger partial charge in [-0.1, -0.05) is 0 Å². The smallest absolute Gasteiger partial charge is 0.460 e. The maximum Gasteiger partial charge on any atom is 0.460 e. The van der Waals surface area contributed by atoms with Gasteiger partial charge in [0.1, 0.15) is 0 Å². The molecule has 8 nitrogen and oxygen atoms in total. The number of carboxylic acid groups (broad SMARTS) is 1. The Kier molecular flexibility index (Phi) is 5.68. The molecule has 0 fully saturated rings. The van der Waals surface area contributed by atoms with E-state index in [9.17, 15) is 57.8 Å². The Bertz CT molecular complexity index is 1080. The molecule has 18 heteroatoms. The van der Waals surface area contributed by atoms with Crippen LogP contribution in [-0.4, -0.2) is 52.4 Å². The Morgan fingerprint density at radius 2 is 1.61 bits per heavy atom. The molecule has 2 aromatic rings. The van der Waals surface area contributed by atoms with Crippen molar-refractivity contribution in [3.63, 3.8) is 0 Å². The van der Waals surface area contributed by atoms with E-state index in [1.807, 2.05) is 0 Å². The summed E-state index contributed by atoms with van der Waals surface area (Å²) in [5.74, 6) is -19.2. The van der Waals surface area contributed by atoms with Gasteiger partial charge in [0.15, 0.2) is 11.4 Å². The zero-order chi connectivity index (χ0) is 24.0. The normalized spacial score (nSPS) is 13.8. The van der Waals surface area contributed by atoms with Gasteiger partial charge in [-0.15, -0.1) is 0 Å². The van der Waals surface area contributed by atoms with Gasteiger partial charge in [0.05, 0.1) is 24.1 Å². The van der Waals surface area contributed by atoms with E-state index >= 15 is 0 Å². The molecule has 0 aromatic carbocycles. The van der Waals surface area contributed by atoms with Gasteiger partial charge in [-0.3, -0.25) is 4.98 Å². The Balaban J connectivity index is 2.55. The molecule has 0 saturated carbocycles. The zero-order valence-electron chi connectivity index (χ0n) is 14.1. The highest BCUT2D eigenvalue weighted by Crippen LogP contribution is 2.55. The topological polar surface area (TPSA) is 114 Å². The van der Waals surface area contributed by atoms with Gasteiger partial charge in [-0.25, -0.2) is 4.68 Å². The number of hydrogen-bond acceptors (Lipinski definition) is 7. The number of nitrogens with zero attached hydrogens (tertiary/aromatic N) is 3. The predicted molar refractivity (Wildman–Crippen MR) is 76.1 cm³/mol. The number of carboxylic acids is 1. The van der Waals surface area contributed by atoms with E-state index in [-0.39, 0.29) is 11.9 Å². The van der Waals surface area contributed by atoms with Crippen molar-refractivity contribution in [2.45, 2.75) is 23.3 Å². The van der Waals surface area contributed by atoms with Crippen molar-refractivity contribution in [1.29, 1.82) is 0 Å². The third-order valence-corrected chi connectivity index (χ3v) is 4.70. The lowest BCUT2D eigenvalue weighted by Gasteiger charge is -2.32. The second-order valence-corrected chi connectivity index (χ2v) is 7.07. The van der Waals surface area contributed by atoms with Crippen molar-refractivity contribution >= 4 is 16.1 Å². The highest BCUT2D eigenvalue weighted by atomic mass is 32.2. The standard InChI is InChI=1S/C13H6F9N3O5S/c14-10(15,12(18,19)20)11(16,17)13(21,22)31(28,29)30-7-5-25(24-8(7)9(26)27)6-2-1-3-23-4-6/h1-5H,(H,26,27)/p-1. The third kappa shape index (κ3) is 3.86. The molecule has 0 amide bonds. The first-order valence-electron chi connectivity index (χ1n) is 7.22. The van der Waals surface area contributed by atoms with Crippen LogP contribution in [0.1, 0.15) is 10.5 Å². The van der Waals surface area contributed by atoms with Crippen LogP contribution >= 0.6 is 0 Å². The van der Waals surface area contributed by atoms with Crippen LogP contribution < -0.4 is 9.29 Å². The number of carbonyl (C=O) groups is 1. The Morgan fingerprint density at radius 3 is 2.06 bits per heavy atom. The average molecular weight is 486 g/mol. The summed E-state index contributed by atoms with van der Waals surface area (Å²) in [7, 11) is -7.36. The van der Waals surface area contributed by atoms with Crippen LogP contribution in [0, 0.1) is 0 Å². The summed E-state index contributed by atoms with van der Waals surface area (Å²) in [5.41, 5.74) is -1.74. The van der Waals surface area contributed by atoms with E-state index in [2.05, 4.69) is 14.3 Å². The first kappa shape index (κ1) is 24.2. The van der Waals surface area contributed by atoms with Crippen molar-refractivity contribution in [1.82, 2.24) is 14.8 Å². The fourth-order valence-corrected chi connectivity index (χ4v) is 2.78. The maximum absolute atomic E-state index is 13.7. The molecule has 172 valence electrons. The molecule has 0 atom stereocenters. The Labute approximate surface area is 165 Å². The quantitative estimate of drug-likeness (QED) is 0.433. The van der Waals surface area contributed by atoms with Gasteiger partial charge < -0.3 is 14.1 Å². The van der Waals surface area contributed by atoms with E-state index in [1.54, 1.807) is 0 Å². The molecular weight excluding hydrogens is 481 g/mol.